The Morgan fingerprint density at radius 2 is 2.20 bits per heavy atom. The van der Waals surface area contributed by atoms with Gasteiger partial charge in [-0.15, -0.1) is 0 Å². The van der Waals surface area contributed by atoms with Crippen LogP contribution in [-0.4, -0.2) is 0 Å². The molecule has 0 heteroatoms. The number of hydrogen-bond acceptors (Lipinski definition) is 0. The molecule has 0 radical (unpaired) electrons. The summed E-state index contributed by atoms with van der Waals surface area (Å²) in [5, 5.41) is 0. The van der Waals surface area contributed by atoms with E-state index in [4.69, 9.17) is 9.60 Å². The molecule has 0 nitrogen and oxygen atoms in total. The molecule has 1 rings (SSSR count). The van der Waals surface area contributed by atoms with Crippen molar-refractivity contribution in [1.82, 2.24) is 0 Å². The highest BCUT2D eigenvalue weighted by molar-refractivity contribution is 4.51. The molecule has 1 unspecified atom stereocenters. The van der Waals surface area contributed by atoms with Gasteiger partial charge in [-0.25, -0.2) is 0 Å². The van der Waals surface area contributed by atoms with Crippen molar-refractivity contribution in [3.05, 3.63) is 0 Å². The maximum absolute atomic E-state index is 7.22. The Balaban J connectivity index is 3.10. The average molecular weight is 77.2 g/mol. The minimum Gasteiger partial charge on any atom is -0.0533 e. The van der Waals surface area contributed by atoms with Crippen molar-refractivity contribution >= 4 is 0 Å². The predicted octanol–water partition coefficient (Wildman–Crippen LogP) is 1.95. The van der Waals surface area contributed by atoms with Gasteiger partial charge in [-0.1, -0.05) is 31.9 Å². The fourth-order valence-electron chi connectivity index (χ4n) is 0.255. The second kappa shape index (κ2) is 1.44. The Kier molecular flexibility index (Phi) is 0.160. The molecule has 1 atom stereocenters. The molecule has 0 N–H and O–H groups in total. The van der Waals surface area contributed by atoms with E-state index >= 15 is 0 Å². The standard InChI is InChI=1S/C5H10/c1-2-4-5-3-1/h1-5H2/i1D,2D2,4D2,5D2. The number of hydrogen-bond donors (Lipinski definition) is 0. The Bertz CT molecular complexity index is 196. The van der Waals surface area contributed by atoms with Gasteiger partial charge in [0.1, 0.15) is 0 Å². The highest BCUT2D eigenvalue weighted by atomic mass is 14.0. The molecular weight excluding hydrogens is 60.1 g/mol. The second-order valence-corrected chi connectivity index (χ2v) is 0.854. The van der Waals surface area contributed by atoms with Crippen LogP contribution in [0.3, 0.4) is 0 Å². The summed E-state index contributed by atoms with van der Waals surface area (Å²) in [6, 6.07) is 0. The van der Waals surface area contributed by atoms with E-state index in [2.05, 4.69) is 0 Å². The highest BCUT2D eigenvalue weighted by Gasteiger charge is 1.95. The van der Waals surface area contributed by atoms with Crippen LogP contribution in [0.5, 0.6) is 0 Å². The van der Waals surface area contributed by atoms with E-state index in [9.17, 15) is 0 Å². The van der Waals surface area contributed by atoms with E-state index in [-0.39, 0.29) is 6.42 Å². The van der Waals surface area contributed by atoms with Gasteiger partial charge in [0.15, 0.2) is 0 Å². The predicted molar refractivity (Wildman–Crippen MR) is 23.1 cm³/mol. The molecule has 1 aliphatic carbocycles. The zero-order valence-electron chi connectivity index (χ0n) is 9.78. The molecular formula is C5H10. The van der Waals surface area contributed by atoms with Gasteiger partial charge in [0.05, 0.1) is 0 Å². The normalized spacial score (nSPS) is 89.6. The van der Waals surface area contributed by atoms with E-state index in [1.807, 2.05) is 0 Å². The molecule has 30 valence electrons. The molecule has 0 spiro atoms. The first-order valence-electron chi connectivity index (χ1n) is 5.13. The molecule has 0 heterocycles. The summed E-state index contributed by atoms with van der Waals surface area (Å²) in [6.07, 6.45) is -8.89. The lowest BCUT2D eigenvalue weighted by Gasteiger charge is -1.67. The second-order valence-electron chi connectivity index (χ2n) is 0.854. The van der Waals surface area contributed by atoms with Gasteiger partial charge in [0, 0.05) is 9.60 Å². The van der Waals surface area contributed by atoms with Crippen molar-refractivity contribution in [2.75, 3.05) is 0 Å². The minimum atomic E-state index is -2.56. The van der Waals surface area contributed by atoms with Crippen LogP contribution in [0.15, 0.2) is 0 Å². The summed E-state index contributed by atoms with van der Waals surface area (Å²) in [7, 11) is 0. The quantitative estimate of drug-likeness (QED) is 0.414. The summed E-state index contributed by atoms with van der Waals surface area (Å²) < 4.78 is 50.5. The molecule has 0 saturated heterocycles. The average Bonchev–Trinajstić information content (AvgIpc) is 1.92. The monoisotopic (exact) mass is 77.1 g/mol. The smallest absolute Gasteiger partial charge is 0.0267 e. The lowest BCUT2D eigenvalue weighted by molar-refractivity contribution is 0.886. The van der Waals surface area contributed by atoms with Crippen molar-refractivity contribution in [1.29, 1.82) is 0 Å². The van der Waals surface area contributed by atoms with Gasteiger partial charge in [-0.05, 0) is 0 Å². The Morgan fingerprint density at radius 1 is 1.20 bits per heavy atom. The topological polar surface area (TPSA) is 0 Å². The first-order chi connectivity index (χ1) is 5.13. The van der Waals surface area contributed by atoms with E-state index in [1.54, 1.807) is 0 Å². The van der Waals surface area contributed by atoms with Gasteiger partial charge < -0.3 is 0 Å². The van der Waals surface area contributed by atoms with Crippen molar-refractivity contribution < 1.29 is 9.60 Å². The van der Waals surface area contributed by atoms with Crippen LogP contribution in [0.4, 0.5) is 0 Å². The molecule has 0 amide bonds. The molecule has 0 aromatic rings. The molecule has 5 heavy (non-hydrogen) atoms. The maximum atomic E-state index is 7.22. The van der Waals surface area contributed by atoms with Gasteiger partial charge in [0.25, 0.3) is 0 Å². The van der Waals surface area contributed by atoms with Gasteiger partial charge in [-0.2, -0.15) is 0 Å². The fraction of sp³-hybridized carbons (Fsp3) is 1.00. The molecule has 1 aliphatic rings. The molecule has 1 saturated carbocycles. The first-order valence-corrected chi connectivity index (χ1v) is 1.55. The van der Waals surface area contributed by atoms with Crippen molar-refractivity contribution in [3.8, 4) is 0 Å². The van der Waals surface area contributed by atoms with Crippen LogP contribution in [0, 0.1) is 0 Å². The van der Waals surface area contributed by atoms with Gasteiger partial charge in [-0.3, -0.25) is 0 Å². The summed E-state index contributed by atoms with van der Waals surface area (Å²) in [4.78, 5) is 0. The summed E-state index contributed by atoms with van der Waals surface area (Å²) in [6.45, 7) is 0. The fourth-order valence-corrected chi connectivity index (χ4v) is 0.255. The lowest BCUT2D eigenvalue weighted by Crippen LogP contribution is -1.47. The Labute approximate surface area is 43.0 Å². The largest absolute Gasteiger partial charge is 0.0533 e. The van der Waals surface area contributed by atoms with Gasteiger partial charge in [0.2, 0.25) is 0 Å². The Morgan fingerprint density at radius 3 is 2.40 bits per heavy atom. The van der Waals surface area contributed by atoms with Crippen molar-refractivity contribution in [2.45, 2.75) is 31.9 Å². The maximum Gasteiger partial charge on any atom is 0.0267 e. The van der Waals surface area contributed by atoms with Gasteiger partial charge >= 0.3 is 0 Å². The first kappa shape index (κ1) is 0.556. The van der Waals surface area contributed by atoms with Crippen LogP contribution in [0.25, 0.3) is 0 Å². The minimum absolute atomic E-state index is 0.382. The Hall–Kier alpha value is 0. The number of rotatable bonds is 0. The molecule has 0 bridgehead atoms. The summed E-state index contributed by atoms with van der Waals surface area (Å²) in [5.74, 6) is 0. The molecule has 1 fully saturated rings. The molecule has 0 aromatic heterocycles. The van der Waals surface area contributed by atoms with E-state index in [1.165, 1.54) is 0 Å². The van der Waals surface area contributed by atoms with E-state index < -0.39 is 25.5 Å². The van der Waals surface area contributed by atoms with Crippen LogP contribution >= 0.6 is 0 Å². The van der Waals surface area contributed by atoms with E-state index in [0.717, 1.165) is 0 Å². The summed E-state index contributed by atoms with van der Waals surface area (Å²) >= 11 is 0. The van der Waals surface area contributed by atoms with Crippen molar-refractivity contribution in [2.24, 2.45) is 0 Å². The van der Waals surface area contributed by atoms with E-state index in [0.29, 0.717) is 0 Å². The molecule has 0 aliphatic heterocycles. The zero-order chi connectivity index (χ0) is 9.78. The SMILES string of the molecule is [2H]C1CC([2H])([2H])C([2H])([2H])C1([2H])[2H]. The van der Waals surface area contributed by atoms with Crippen LogP contribution in [0.2, 0.25) is 0 Å². The third-order valence-electron chi connectivity index (χ3n) is 0.467. The summed E-state index contributed by atoms with van der Waals surface area (Å²) in [5.41, 5.74) is 0. The van der Waals surface area contributed by atoms with Crippen LogP contribution < -0.4 is 0 Å². The molecule has 0 aromatic carbocycles. The highest BCUT2D eigenvalue weighted by Crippen LogP contribution is 2.15. The zero-order valence-corrected chi connectivity index (χ0v) is 2.78. The third kappa shape index (κ3) is 0.640. The lowest BCUT2D eigenvalue weighted by atomic mass is 10.4. The third-order valence-corrected chi connectivity index (χ3v) is 0.467. The van der Waals surface area contributed by atoms with Crippen LogP contribution in [-0.2, 0) is 0 Å². The van der Waals surface area contributed by atoms with Crippen molar-refractivity contribution in [3.63, 3.8) is 0 Å². The van der Waals surface area contributed by atoms with Crippen LogP contribution in [0.1, 0.15) is 41.5 Å².